The first-order valence-corrected chi connectivity index (χ1v) is 20.2. The first kappa shape index (κ1) is 32.3. The molecule has 0 saturated heterocycles. The first-order chi connectivity index (χ1) is 29.3. The van der Waals surface area contributed by atoms with E-state index in [1.54, 1.807) is 0 Å². The SMILES string of the molecule is c1ccc(-n2c3ccccc3c3ccc(N(c4ccc5c(c4)C4(c6ccccc6Oc6ccccc64)c4ccccc4-5)c4ccc5c(c4)oc4ccccc45)cc32)cc1. The Morgan fingerprint density at radius 3 is 1.75 bits per heavy atom. The summed E-state index contributed by atoms with van der Waals surface area (Å²) in [6.07, 6.45) is 0. The molecule has 4 heteroatoms. The molecule has 0 bridgehead atoms. The molecule has 1 spiro atoms. The molecule has 276 valence electrons. The third-order valence-corrected chi connectivity index (χ3v) is 12.6. The quantitative estimate of drug-likeness (QED) is 0.179. The largest absolute Gasteiger partial charge is 0.457 e. The lowest BCUT2D eigenvalue weighted by molar-refractivity contribution is 0.436. The van der Waals surface area contributed by atoms with Crippen LogP contribution in [0.3, 0.4) is 0 Å². The summed E-state index contributed by atoms with van der Waals surface area (Å²) >= 11 is 0. The number of fused-ring (bicyclic) bond motifs is 15. The summed E-state index contributed by atoms with van der Waals surface area (Å²) in [5, 5.41) is 4.65. The summed E-state index contributed by atoms with van der Waals surface area (Å²) in [4.78, 5) is 2.40. The van der Waals surface area contributed by atoms with E-state index < -0.39 is 5.41 Å². The van der Waals surface area contributed by atoms with Crippen LogP contribution in [0.15, 0.2) is 211 Å². The van der Waals surface area contributed by atoms with Gasteiger partial charge in [0.25, 0.3) is 0 Å². The Morgan fingerprint density at radius 2 is 0.932 bits per heavy atom. The number of hydrogen-bond donors (Lipinski definition) is 0. The zero-order valence-corrected chi connectivity index (χ0v) is 31.8. The predicted molar refractivity (Wildman–Crippen MR) is 240 cm³/mol. The van der Waals surface area contributed by atoms with E-state index in [0.717, 1.165) is 72.8 Å². The van der Waals surface area contributed by atoms with Gasteiger partial charge in [0.2, 0.25) is 0 Å². The van der Waals surface area contributed by atoms with E-state index in [1.807, 2.05) is 12.1 Å². The van der Waals surface area contributed by atoms with Crippen molar-refractivity contribution < 1.29 is 9.15 Å². The number of aromatic nitrogens is 1. The Hall–Kier alpha value is -7.82. The highest BCUT2D eigenvalue weighted by Gasteiger charge is 2.51. The average Bonchev–Trinajstić information content (AvgIpc) is 3.93. The number of nitrogens with zero attached hydrogens (tertiary/aromatic N) is 2. The maximum Gasteiger partial charge on any atom is 0.137 e. The third-order valence-electron chi connectivity index (χ3n) is 12.6. The molecule has 0 atom stereocenters. The Kier molecular flexibility index (Phi) is 6.62. The standard InChI is InChI=1S/C55H34N2O2/c1-2-14-35(15-3-1)57-49-22-10-5-17-41(49)42-30-27-37(33-50(42)57)56(38-28-31-44-43-18-6-11-23-51(43)58-54(44)34-38)36-26-29-40-39-16-4-7-19-45(39)55(48(40)32-36)46-20-8-12-24-52(46)59-53-25-13-9-21-47(53)55/h1-34H. The van der Waals surface area contributed by atoms with E-state index in [1.165, 1.54) is 38.5 Å². The van der Waals surface area contributed by atoms with Crippen LogP contribution < -0.4 is 9.64 Å². The van der Waals surface area contributed by atoms with Crippen molar-refractivity contribution >= 4 is 60.8 Å². The second kappa shape index (κ2) is 12.1. The van der Waals surface area contributed by atoms with Gasteiger partial charge in [0.15, 0.2) is 0 Å². The third kappa shape index (κ3) is 4.43. The molecule has 1 aliphatic carbocycles. The molecule has 0 fully saturated rings. The van der Waals surface area contributed by atoms with Crippen LogP contribution in [0.2, 0.25) is 0 Å². The topological polar surface area (TPSA) is 30.5 Å². The molecule has 2 aliphatic rings. The van der Waals surface area contributed by atoms with Crippen molar-refractivity contribution in [2.75, 3.05) is 4.90 Å². The Labute approximate surface area is 340 Å². The van der Waals surface area contributed by atoms with E-state index in [9.17, 15) is 0 Å². The Bertz CT molecular complexity index is 3460. The fraction of sp³-hybridized carbons (Fsp3) is 0.0182. The highest BCUT2D eigenvalue weighted by molar-refractivity contribution is 6.11. The molecule has 2 aromatic heterocycles. The van der Waals surface area contributed by atoms with Gasteiger partial charge in [0, 0.05) is 61.5 Å². The lowest BCUT2D eigenvalue weighted by Gasteiger charge is -2.39. The summed E-state index contributed by atoms with van der Waals surface area (Å²) in [5.74, 6) is 1.76. The maximum absolute atomic E-state index is 6.67. The van der Waals surface area contributed by atoms with Gasteiger partial charge >= 0.3 is 0 Å². The van der Waals surface area contributed by atoms with Crippen LogP contribution in [-0.4, -0.2) is 4.57 Å². The van der Waals surface area contributed by atoms with Gasteiger partial charge in [-0.1, -0.05) is 127 Å². The minimum atomic E-state index is -0.592. The summed E-state index contributed by atoms with van der Waals surface area (Å²) < 4.78 is 15.6. The number of ether oxygens (including phenoxy) is 1. The van der Waals surface area contributed by atoms with Crippen molar-refractivity contribution in [2.45, 2.75) is 5.41 Å². The second-order valence-corrected chi connectivity index (χ2v) is 15.6. The lowest BCUT2D eigenvalue weighted by Crippen LogP contribution is -2.32. The molecule has 9 aromatic carbocycles. The highest BCUT2D eigenvalue weighted by Crippen LogP contribution is 2.62. The van der Waals surface area contributed by atoms with Crippen LogP contribution in [0.4, 0.5) is 17.1 Å². The average molecular weight is 755 g/mol. The van der Waals surface area contributed by atoms with Crippen molar-refractivity contribution in [1.29, 1.82) is 0 Å². The van der Waals surface area contributed by atoms with Gasteiger partial charge in [0.1, 0.15) is 22.7 Å². The predicted octanol–water partition coefficient (Wildman–Crippen LogP) is 14.6. The van der Waals surface area contributed by atoms with Crippen LogP contribution in [0, 0.1) is 0 Å². The molecular weight excluding hydrogens is 721 g/mol. The molecule has 0 radical (unpaired) electrons. The fourth-order valence-corrected chi connectivity index (χ4v) is 10.2. The smallest absolute Gasteiger partial charge is 0.137 e. The van der Waals surface area contributed by atoms with Gasteiger partial charge in [-0.3, -0.25) is 0 Å². The van der Waals surface area contributed by atoms with Gasteiger partial charge in [-0.25, -0.2) is 0 Å². The number of rotatable bonds is 4. The second-order valence-electron chi connectivity index (χ2n) is 15.6. The summed E-state index contributed by atoms with van der Waals surface area (Å²) in [5.41, 5.74) is 14.9. The molecule has 13 rings (SSSR count). The van der Waals surface area contributed by atoms with Gasteiger partial charge in [-0.15, -0.1) is 0 Å². The number of anilines is 3. The van der Waals surface area contributed by atoms with Crippen molar-refractivity contribution in [3.05, 3.63) is 229 Å². The van der Waals surface area contributed by atoms with Crippen LogP contribution in [0.1, 0.15) is 22.3 Å². The molecule has 0 saturated carbocycles. The fourth-order valence-electron chi connectivity index (χ4n) is 10.2. The Balaban J connectivity index is 1.10. The van der Waals surface area contributed by atoms with Crippen LogP contribution >= 0.6 is 0 Å². The number of furan rings is 1. The van der Waals surface area contributed by atoms with Crippen molar-refractivity contribution in [1.82, 2.24) is 4.57 Å². The minimum Gasteiger partial charge on any atom is -0.457 e. The molecule has 11 aromatic rings. The zero-order valence-electron chi connectivity index (χ0n) is 31.8. The minimum absolute atomic E-state index is 0.592. The van der Waals surface area contributed by atoms with Gasteiger partial charge in [-0.05, 0) is 95.1 Å². The normalized spacial score (nSPS) is 13.4. The van der Waals surface area contributed by atoms with Crippen molar-refractivity contribution in [3.63, 3.8) is 0 Å². The molecule has 1 aliphatic heterocycles. The van der Waals surface area contributed by atoms with E-state index >= 15 is 0 Å². The first-order valence-electron chi connectivity index (χ1n) is 20.2. The molecule has 0 unspecified atom stereocenters. The van der Waals surface area contributed by atoms with E-state index in [4.69, 9.17) is 9.15 Å². The number of hydrogen-bond acceptors (Lipinski definition) is 3. The number of benzene rings is 9. The van der Waals surface area contributed by atoms with Crippen molar-refractivity contribution in [2.24, 2.45) is 0 Å². The van der Waals surface area contributed by atoms with Crippen molar-refractivity contribution in [3.8, 4) is 28.3 Å². The maximum atomic E-state index is 6.67. The molecule has 0 amide bonds. The molecule has 59 heavy (non-hydrogen) atoms. The van der Waals surface area contributed by atoms with Crippen LogP contribution in [0.25, 0.3) is 60.6 Å². The highest BCUT2D eigenvalue weighted by atomic mass is 16.5. The summed E-state index contributed by atoms with van der Waals surface area (Å²) in [6, 6.07) is 74.2. The van der Waals surface area contributed by atoms with Crippen LogP contribution in [-0.2, 0) is 5.41 Å². The summed E-state index contributed by atoms with van der Waals surface area (Å²) in [7, 11) is 0. The van der Waals surface area contributed by atoms with E-state index in [-0.39, 0.29) is 0 Å². The van der Waals surface area contributed by atoms with Gasteiger partial charge < -0.3 is 18.6 Å². The van der Waals surface area contributed by atoms with E-state index in [2.05, 4.69) is 204 Å². The monoisotopic (exact) mass is 754 g/mol. The van der Waals surface area contributed by atoms with Crippen LogP contribution in [0.5, 0.6) is 11.5 Å². The zero-order chi connectivity index (χ0) is 38.7. The Morgan fingerprint density at radius 1 is 0.373 bits per heavy atom. The van der Waals surface area contributed by atoms with Gasteiger partial charge in [-0.2, -0.15) is 0 Å². The molecule has 3 heterocycles. The van der Waals surface area contributed by atoms with Gasteiger partial charge in [0.05, 0.1) is 16.4 Å². The summed E-state index contributed by atoms with van der Waals surface area (Å²) in [6.45, 7) is 0. The molecular formula is C55H34N2O2. The molecule has 0 N–H and O–H groups in total. The lowest BCUT2D eigenvalue weighted by atomic mass is 9.66. The molecule has 4 nitrogen and oxygen atoms in total. The van der Waals surface area contributed by atoms with E-state index in [0.29, 0.717) is 0 Å². The number of para-hydroxylation sites is 5.